The van der Waals surface area contributed by atoms with Crippen LogP contribution in [-0.4, -0.2) is 29.3 Å². The number of aryl methyl sites for hydroxylation is 1. The Bertz CT molecular complexity index is 715. The van der Waals surface area contributed by atoms with Crippen LogP contribution >= 0.6 is 22.9 Å². The van der Waals surface area contributed by atoms with Gasteiger partial charge < -0.3 is 10.1 Å². The monoisotopic (exact) mass is 352 g/mol. The van der Waals surface area contributed by atoms with E-state index < -0.39 is 0 Å². The van der Waals surface area contributed by atoms with Crippen molar-refractivity contribution in [3.63, 3.8) is 0 Å². The third kappa shape index (κ3) is 4.53. The zero-order valence-corrected chi connectivity index (χ0v) is 14.5. The van der Waals surface area contributed by atoms with Gasteiger partial charge in [0.2, 0.25) is 5.91 Å². The van der Waals surface area contributed by atoms with Gasteiger partial charge in [0.05, 0.1) is 12.3 Å². The number of amides is 1. The molecule has 0 aliphatic heterocycles. The SMILES string of the molecule is CCOC(=O)c1sc(-c2cccc(NC(=O)CCCl)c2)nc1C. The molecule has 0 unspecified atom stereocenters. The molecule has 122 valence electrons. The van der Waals surface area contributed by atoms with E-state index in [1.807, 2.05) is 18.2 Å². The van der Waals surface area contributed by atoms with Crippen molar-refractivity contribution in [2.75, 3.05) is 17.8 Å². The summed E-state index contributed by atoms with van der Waals surface area (Å²) in [7, 11) is 0. The van der Waals surface area contributed by atoms with E-state index in [1.54, 1.807) is 19.9 Å². The van der Waals surface area contributed by atoms with Gasteiger partial charge in [0, 0.05) is 23.6 Å². The van der Waals surface area contributed by atoms with E-state index in [0.717, 1.165) is 5.56 Å². The van der Waals surface area contributed by atoms with Crippen LogP contribution in [0, 0.1) is 6.92 Å². The van der Waals surface area contributed by atoms with Gasteiger partial charge in [-0.05, 0) is 26.0 Å². The molecule has 7 heteroatoms. The number of nitrogens with zero attached hydrogens (tertiary/aromatic N) is 1. The van der Waals surface area contributed by atoms with Crippen molar-refractivity contribution in [1.29, 1.82) is 0 Å². The van der Waals surface area contributed by atoms with Gasteiger partial charge in [-0.15, -0.1) is 22.9 Å². The zero-order chi connectivity index (χ0) is 16.8. The molecule has 0 saturated carbocycles. The number of alkyl halides is 1. The first-order valence-corrected chi connectivity index (χ1v) is 8.51. The van der Waals surface area contributed by atoms with Crippen LogP contribution in [0.3, 0.4) is 0 Å². The number of benzene rings is 1. The van der Waals surface area contributed by atoms with Crippen LogP contribution in [0.1, 0.15) is 28.7 Å². The number of hydrogen-bond acceptors (Lipinski definition) is 5. The number of thiazole rings is 1. The van der Waals surface area contributed by atoms with Gasteiger partial charge in [-0.3, -0.25) is 4.79 Å². The lowest BCUT2D eigenvalue weighted by molar-refractivity contribution is -0.115. The van der Waals surface area contributed by atoms with E-state index in [4.69, 9.17) is 16.3 Å². The second-order valence-electron chi connectivity index (χ2n) is 4.72. The summed E-state index contributed by atoms with van der Waals surface area (Å²) in [4.78, 5) is 28.4. The number of esters is 1. The third-order valence-electron chi connectivity index (χ3n) is 2.97. The maximum Gasteiger partial charge on any atom is 0.350 e. The highest BCUT2D eigenvalue weighted by Gasteiger charge is 2.17. The highest BCUT2D eigenvalue weighted by Crippen LogP contribution is 2.30. The fourth-order valence-electron chi connectivity index (χ4n) is 1.95. The topological polar surface area (TPSA) is 68.3 Å². The molecule has 2 rings (SSSR count). The fourth-order valence-corrected chi connectivity index (χ4v) is 3.07. The summed E-state index contributed by atoms with van der Waals surface area (Å²) in [5.74, 6) is -0.222. The summed E-state index contributed by atoms with van der Waals surface area (Å²) in [5.41, 5.74) is 2.14. The van der Waals surface area contributed by atoms with E-state index >= 15 is 0 Å². The quantitative estimate of drug-likeness (QED) is 0.633. The summed E-state index contributed by atoms with van der Waals surface area (Å²) in [6.45, 7) is 3.87. The average Bonchev–Trinajstić information content (AvgIpc) is 2.90. The highest BCUT2D eigenvalue weighted by atomic mass is 35.5. The second-order valence-corrected chi connectivity index (χ2v) is 6.10. The molecule has 0 aliphatic rings. The summed E-state index contributed by atoms with van der Waals surface area (Å²) in [5, 5.41) is 3.49. The molecular formula is C16H17ClN2O3S. The van der Waals surface area contributed by atoms with E-state index in [0.29, 0.717) is 27.9 Å². The lowest BCUT2D eigenvalue weighted by Crippen LogP contribution is -2.11. The summed E-state index contributed by atoms with van der Waals surface area (Å²) >= 11 is 6.83. The molecule has 0 fully saturated rings. The minimum Gasteiger partial charge on any atom is -0.462 e. The molecule has 1 heterocycles. The van der Waals surface area contributed by atoms with Crippen molar-refractivity contribution in [1.82, 2.24) is 4.98 Å². The van der Waals surface area contributed by atoms with Gasteiger partial charge in [0.15, 0.2) is 0 Å². The van der Waals surface area contributed by atoms with Crippen LogP contribution in [0.4, 0.5) is 5.69 Å². The molecule has 1 aromatic heterocycles. The number of aromatic nitrogens is 1. The smallest absolute Gasteiger partial charge is 0.350 e. The van der Waals surface area contributed by atoms with Crippen molar-refractivity contribution >= 4 is 40.5 Å². The van der Waals surface area contributed by atoms with Crippen LogP contribution in [0.25, 0.3) is 10.6 Å². The molecule has 0 saturated heterocycles. The molecule has 2 aromatic rings. The van der Waals surface area contributed by atoms with E-state index in [1.165, 1.54) is 11.3 Å². The molecular weight excluding hydrogens is 336 g/mol. The van der Waals surface area contributed by atoms with Crippen LogP contribution in [0.5, 0.6) is 0 Å². The maximum atomic E-state index is 11.9. The van der Waals surface area contributed by atoms with Crippen LogP contribution in [0.15, 0.2) is 24.3 Å². The Kier molecular flexibility index (Phi) is 6.12. The van der Waals surface area contributed by atoms with E-state index in [9.17, 15) is 9.59 Å². The van der Waals surface area contributed by atoms with Crippen molar-refractivity contribution in [2.45, 2.75) is 20.3 Å². The number of rotatable bonds is 6. The predicted molar refractivity (Wildman–Crippen MR) is 92.2 cm³/mol. The van der Waals surface area contributed by atoms with Crippen LogP contribution in [0.2, 0.25) is 0 Å². The molecule has 5 nitrogen and oxygen atoms in total. The molecule has 0 atom stereocenters. The molecule has 0 bridgehead atoms. The standard InChI is InChI=1S/C16H17ClN2O3S/c1-3-22-16(21)14-10(2)18-15(23-14)11-5-4-6-12(9-11)19-13(20)7-8-17/h4-6,9H,3,7-8H2,1-2H3,(H,19,20). The normalized spacial score (nSPS) is 10.4. The van der Waals surface area contributed by atoms with Crippen molar-refractivity contribution in [2.24, 2.45) is 0 Å². The van der Waals surface area contributed by atoms with Gasteiger partial charge in [-0.1, -0.05) is 12.1 Å². The summed E-state index contributed by atoms with van der Waals surface area (Å²) in [6, 6.07) is 7.32. The number of carbonyl (C=O) groups excluding carboxylic acids is 2. The summed E-state index contributed by atoms with van der Waals surface area (Å²) in [6.07, 6.45) is 0.259. The molecule has 1 N–H and O–H groups in total. The molecule has 23 heavy (non-hydrogen) atoms. The molecule has 0 spiro atoms. The number of anilines is 1. The Labute approximate surface area is 143 Å². The Morgan fingerprint density at radius 3 is 2.87 bits per heavy atom. The van der Waals surface area contributed by atoms with Gasteiger partial charge >= 0.3 is 5.97 Å². The first-order valence-electron chi connectivity index (χ1n) is 7.16. The lowest BCUT2D eigenvalue weighted by Gasteiger charge is -2.05. The van der Waals surface area contributed by atoms with Crippen LogP contribution < -0.4 is 5.32 Å². The molecule has 0 aliphatic carbocycles. The average molecular weight is 353 g/mol. The lowest BCUT2D eigenvalue weighted by atomic mass is 10.2. The van der Waals surface area contributed by atoms with E-state index in [2.05, 4.69) is 10.3 Å². The first kappa shape index (κ1) is 17.4. The summed E-state index contributed by atoms with van der Waals surface area (Å²) < 4.78 is 5.02. The number of nitrogens with one attached hydrogen (secondary N) is 1. The van der Waals surface area contributed by atoms with Crippen molar-refractivity contribution in [3.8, 4) is 10.6 Å². The van der Waals surface area contributed by atoms with E-state index in [-0.39, 0.29) is 24.2 Å². The Morgan fingerprint density at radius 1 is 1.39 bits per heavy atom. The Balaban J connectivity index is 2.24. The van der Waals surface area contributed by atoms with Gasteiger partial charge in [-0.2, -0.15) is 0 Å². The van der Waals surface area contributed by atoms with Crippen molar-refractivity contribution < 1.29 is 14.3 Å². The third-order valence-corrected chi connectivity index (χ3v) is 4.35. The Hall–Kier alpha value is -1.92. The van der Waals surface area contributed by atoms with Gasteiger partial charge in [0.25, 0.3) is 0 Å². The molecule has 1 amide bonds. The fraction of sp³-hybridized carbons (Fsp3) is 0.312. The Morgan fingerprint density at radius 2 is 2.17 bits per heavy atom. The zero-order valence-electron chi connectivity index (χ0n) is 12.9. The maximum absolute atomic E-state index is 11.9. The largest absolute Gasteiger partial charge is 0.462 e. The highest BCUT2D eigenvalue weighted by molar-refractivity contribution is 7.17. The number of ether oxygens (including phenoxy) is 1. The first-order chi connectivity index (χ1) is 11.0. The predicted octanol–water partition coefficient (Wildman–Crippen LogP) is 3.86. The minimum absolute atomic E-state index is 0.139. The number of halogens is 1. The molecule has 1 aromatic carbocycles. The van der Waals surface area contributed by atoms with Crippen LogP contribution in [-0.2, 0) is 9.53 Å². The van der Waals surface area contributed by atoms with Crippen molar-refractivity contribution in [3.05, 3.63) is 34.8 Å². The number of carbonyl (C=O) groups is 2. The minimum atomic E-state index is -0.361. The second kappa shape index (κ2) is 8.08. The van der Waals surface area contributed by atoms with Gasteiger partial charge in [-0.25, -0.2) is 9.78 Å². The number of hydrogen-bond donors (Lipinski definition) is 1. The van der Waals surface area contributed by atoms with Gasteiger partial charge in [0.1, 0.15) is 9.88 Å². The molecule has 0 radical (unpaired) electrons.